The van der Waals surface area contributed by atoms with E-state index in [0.717, 1.165) is 5.01 Å². The second-order valence-corrected chi connectivity index (χ2v) is 2.07. The summed E-state index contributed by atoms with van der Waals surface area (Å²) in [5.74, 6) is -0.379. The highest BCUT2D eigenvalue weighted by Crippen LogP contribution is 1.90. The number of hydrazine groups is 1. The third-order valence-electron chi connectivity index (χ3n) is 1.08. The van der Waals surface area contributed by atoms with E-state index in [0.29, 0.717) is 6.54 Å². The molecule has 0 unspecified atom stereocenters. The molecule has 0 fully saturated rings. The summed E-state index contributed by atoms with van der Waals surface area (Å²) < 4.78 is 4.62. The number of hydrogen-bond donors (Lipinski definition) is 1. The average molecular weight is 174 g/mol. The van der Waals surface area contributed by atoms with Crippen LogP contribution in [0.25, 0.3) is 0 Å². The zero-order valence-electron chi connectivity index (χ0n) is 7.59. The van der Waals surface area contributed by atoms with E-state index < -0.39 is 6.09 Å². The molecule has 12 heavy (non-hydrogen) atoms. The molecule has 0 aliphatic heterocycles. The first-order chi connectivity index (χ1) is 5.63. The number of carbonyl (C=O) groups is 2. The number of nitrogens with zero attached hydrogens (tertiary/aromatic N) is 1. The van der Waals surface area contributed by atoms with Gasteiger partial charge in [-0.1, -0.05) is 6.92 Å². The quantitative estimate of drug-likeness (QED) is 0.633. The van der Waals surface area contributed by atoms with E-state index in [1.807, 2.05) is 0 Å². The summed E-state index contributed by atoms with van der Waals surface area (Å²) in [5.41, 5.74) is 2.58. The van der Waals surface area contributed by atoms with Crippen LogP contribution in [0.2, 0.25) is 0 Å². The number of amides is 2. The van der Waals surface area contributed by atoms with E-state index >= 15 is 0 Å². The van der Waals surface area contributed by atoms with Crippen LogP contribution >= 0.6 is 0 Å². The number of imide groups is 1. The van der Waals surface area contributed by atoms with Gasteiger partial charge in [-0.05, 0) is 6.92 Å². The average Bonchev–Trinajstić information content (AvgIpc) is 1.99. The van der Waals surface area contributed by atoms with Crippen LogP contribution in [0.5, 0.6) is 0 Å². The van der Waals surface area contributed by atoms with Gasteiger partial charge in [-0.15, -0.1) is 0 Å². The molecule has 5 nitrogen and oxygen atoms in total. The summed E-state index contributed by atoms with van der Waals surface area (Å²) >= 11 is 0. The van der Waals surface area contributed by atoms with Crippen molar-refractivity contribution in [3.63, 3.8) is 0 Å². The Hall–Kier alpha value is -1.10. The van der Waals surface area contributed by atoms with Crippen molar-refractivity contribution in [1.29, 1.82) is 0 Å². The smallest absolute Gasteiger partial charge is 0.431 e. The molecular weight excluding hydrogens is 160 g/mol. The molecule has 0 rings (SSSR count). The van der Waals surface area contributed by atoms with Gasteiger partial charge in [0.2, 0.25) is 5.91 Å². The van der Waals surface area contributed by atoms with Crippen molar-refractivity contribution in [2.24, 2.45) is 0 Å². The van der Waals surface area contributed by atoms with Gasteiger partial charge in [0.05, 0.1) is 6.61 Å². The van der Waals surface area contributed by atoms with Gasteiger partial charge in [0.25, 0.3) is 0 Å². The number of hydrogen-bond acceptors (Lipinski definition) is 4. The molecular formula is C7H14N2O3. The minimum Gasteiger partial charge on any atom is -0.448 e. The number of rotatable bonds is 3. The van der Waals surface area contributed by atoms with Gasteiger partial charge in [0.15, 0.2) is 0 Å². The molecule has 2 amide bonds. The van der Waals surface area contributed by atoms with Gasteiger partial charge in [-0.25, -0.2) is 10.2 Å². The highest BCUT2D eigenvalue weighted by Gasteiger charge is 2.17. The van der Waals surface area contributed by atoms with Crippen molar-refractivity contribution >= 4 is 12.0 Å². The third kappa shape index (κ3) is 3.34. The first kappa shape index (κ1) is 10.9. The van der Waals surface area contributed by atoms with E-state index in [4.69, 9.17) is 0 Å². The fourth-order valence-electron chi connectivity index (χ4n) is 0.651. The normalized spacial score (nSPS) is 9.25. The van der Waals surface area contributed by atoms with Crippen molar-refractivity contribution in [3.8, 4) is 0 Å². The molecule has 0 saturated heterocycles. The van der Waals surface area contributed by atoms with Gasteiger partial charge >= 0.3 is 6.09 Å². The Kier molecular flexibility index (Phi) is 5.03. The van der Waals surface area contributed by atoms with E-state index in [-0.39, 0.29) is 12.5 Å². The summed E-state index contributed by atoms with van der Waals surface area (Å²) in [6.07, 6.45) is -0.660. The van der Waals surface area contributed by atoms with Crippen molar-refractivity contribution < 1.29 is 14.3 Å². The molecule has 0 bridgehead atoms. The predicted molar refractivity (Wildman–Crippen MR) is 43.2 cm³/mol. The van der Waals surface area contributed by atoms with Gasteiger partial charge in [0, 0.05) is 13.5 Å². The lowest BCUT2D eigenvalue weighted by Crippen LogP contribution is -2.46. The fraction of sp³-hybridized carbons (Fsp3) is 0.714. The second-order valence-electron chi connectivity index (χ2n) is 2.07. The van der Waals surface area contributed by atoms with E-state index in [1.54, 1.807) is 13.8 Å². The van der Waals surface area contributed by atoms with Crippen LogP contribution in [0, 0.1) is 0 Å². The Morgan fingerprint density at radius 2 is 2.00 bits per heavy atom. The van der Waals surface area contributed by atoms with Crippen molar-refractivity contribution in [1.82, 2.24) is 10.4 Å². The number of ether oxygens (including phenoxy) is 1. The Labute approximate surface area is 71.6 Å². The van der Waals surface area contributed by atoms with Crippen molar-refractivity contribution in [2.75, 3.05) is 13.2 Å². The van der Waals surface area contributed by atoms with Gasteiger partial charge in [-0.3, -0.25) is 4.79 Å². The summed E-state index contributed by atoms with van der Waals surface area (Å²) in [6.45, 7) is 5.52. The molecule has 0 aliphatic carbocycles. The molecule has 0 saturated carbocycles. The summed E-state index contributed by atoms with van der Waals surface area (Å²) in [5, 5.41) is 0.851. The molecule has 0 aromatic heterocycles. The lowest BCUT2D eigenvalue weighted by molar-refractivity contribution is -0.129. The molecule has 0 atom stereocenters. The Morgan fingerprint density at radius 1 is 1.42 bits per heavy atom. The zero-order chi connectivity index (χ0) is 9.56. The van der Waals surface area contributed by atoms with Crippen LogP contribution in [0.1, 0.15) is 20.8 Å². The highest BCUT2D eigenvalue weighted by molar-refractivity contribution is 5.89. The van der Waals surface area contributed by atoms with Crippen LogP contribution in [0.3, 0.4) is 0 Å². The monoisotopic (exact) mass is 174 g/mol. The molecule has 0 radical (unpaired) electrons. The molecule has 0 spiro atoms. The molecule has 1 N–H and O–H groups in total. The van der Waals surface area contributed by atoms with Crippen LogP contribution < -0.4 is 5.43 Å². The lowest BCUT2D eigenvalue weighted by Gasteiger charge is -2.17. The molecule has 0 aromatic carbocycles. The summed E-state index contributed by atoms with van der Waals surface area (Å²) in [7, 11) is 0. The number of nitrogens with one attached hydrogen (secondary N) is 1. The lowest BCUT2D eigenvalue weighted by atomic mass is 10.6. The second kappa shape index (κ2) is 5.54. The Balaban J connectivity index is 4.09. The van der Waals surface area contributed by atoms with Crippen LogP contribution in [0.4, 0.5) is 4.79 Å². The topological polar surface area (TPSA) is 58.6 Å². The molecule has 5 heteroatoms. The van der Waals surface area contributed by atoms with Gasteiger partial charge in [-0.2, -0.15) is 5.01 Å². The Bertz CT molecular complexity index is 170. The number of carbonyl (C=O) groups excluding carboxylic acids is 2. The maximum absolute atomic E-state index is 11.0. The van der Waals surface area contributed by atoms with Gasteiger partial charge in [0.1, 0.15) is 0 Å². The molecule has 70 valence electrons. The largest absolute Gasteiger partial charge is 0.448 e. The highest BCUT2D eigenvalue weighted by atomic mass is 16.6. The SMILES string of the molecule is CCNN(C(C)=O)C(=O)OCC. The van der Waals surface area contributed by atoms with Crippen molar-refractivity contribution in [3.05, 3.63) is 0 Å². The first-order valence-electron chi connectivity index (χ1n) is 3.84. The third-order valence-corrected chi connectivity index (χ3v) is 1.08. The summed E-state index contributed by atoms with van der Waals surface area (Å²) in [6, 6.07) is 0. The van der Waals surface area contributed by atoms with Crippen LogP contribution in [-0.2, 0) is 9.53 Å². The minimum absolute atomic E-state index is 0.258. The molecule has 0 aromatic rings. The maximum atomic E-state index is 11.0. The van der Waals surface area contributed by atoms with Crippen LogP contribution in [-0.4, -0.2) is 30.2 Å². The van der Waals surface area contributed by atoms with Crippen molar-refractivity contribution in [2.45, 2.75) is 20.8 Å². The first-order valence-corrected chi connectivity index (χ1v) is 3.84. The predicted octanol–water partition coefficient (Wildman–Crippen LogP) is 0.516. The van der Waals surface area contributed by atoms with Crippen LogP contribution in [0.15, 0.2) is 0 Å². The molecule has 0 heterocycles. The Morgan fingerprint density at radius 3 is 2.33 bits per heavy atom. The van der Waals surface area contributed by atoms with E-state index in [9.17, 15) is 9.59 Å². The van der Waals surface area contributed by atoms with E-state index in [1.165, 1.54) is 6.92 Å². The maximum Gasteiger partial charge on any atom is 0.431 e. The fourth-order valence-corrected chi connectivity index (χ4v) is 0.651. The zero-order valence-corrected chi connectivity index (χ0v) is 7.59. The summed E-state index contributed by atoms with van der Waals surface area (Å²) in [4.78, 5) is 21.8. The standard InChI is InChI=1S/C7H14N2O3/c1-4-8-9(6(3)10)7(11)12-5-2/h8H,4-5H2,1-3H3. The van der Waals surface area contributed by atoms with E-state index in [2.05, 4.69) is 10.2 Å². The minimum atomic E-state index is -0.660. The molecule has 0 aliphatic rings. The van der Waals surface area contributed by atoms with Gasteiger partial charge < -0.3 is 4.74 Å².